The molecule has 302 valence electrons. The van der Waals surface area contributed by atoms with Crippen molar-refractivity contribution in [3.8, 4) is 5.75 Å². The van der Waals surface area contributed by atoms with Gasteiger partial charge in [0, 0.05) is 18.3 Å². The SMILES string of the molecule is CC.NCCCCC(NC(=O)C1CCCC1)C(=O)Cn1cncc(F)c1=O.NCCCCC(NC(=O)c1cccnc1)C(=O)COc1c(F)ccc(F)c1F. The van der Waals surface area contributed by atoms with Gasteiger partial charge in [0.05, 0.1) is 36.7 Å². The Balaban J connectivity index is 0.000000366. The Morgan fingerprint density at radius 2 is 1.45 bits per heavy atom. The Hall–Kier alpha value is -5.03. The van der Waals surface area contributed by atoms with Crippen LogP contribution in [0.2, 0.25) is 0 Å². The van der Waals surface area contributed by atoms with Gasteiger partial charge in [-0.15, -0.1) is 0 Å². The predicted molar refractivity (Wildman–Crippen MR) is 197 cm³/mol. The van der Waals surface area contributed by atoms with Crippen LogP contribution in [0.4, 0.5) is 17.6 Å². The van der Waals surface area contributed by atoms with Crippen LogP contribution in [-0.2, 0) is 20.9 Å². The average molecular weight is 778 g/mol. The monoisotopic (exact) mass is 777 g/mol. The molecule has 2 aromatic heterocycles. The molecule has 1 fully saturated rings. The molecule has 4 rings (SSSR count). The molecule has 13 nitrogen and oxygen atoms in total. The zero-order valence-corrected chi connectivity index (χ0v) is 31.2. The van der Waals surface area contributed by atoms with Crippen LogP contribution < -0.4 is 32.4 Å². The highest BCUT2D eigenvalue weighted by Gasteiger charge is 2.28. The second-order valence-corrected chi connectivity index (χ2v) is 12.4. The van der Waals surface area contributed by atoms with E-state index in [0.717, 1.165) is 49.2 Å². The van der Waals surface area contributed by atoms with Crippen molar-refractivity contribution in [1.82, 2.24) is 25.2 Å². The Labute approximate surface area is 317 Å². The van der Waals surface area contributed by atoms with Gasteiger partial charge in [-0.05, 0) is 88.7 Å². The summed E-state index contributed by atoms with van der Waals surface area (Å²) in [5.74, 6) is -7.59. The number of carbonyl (C=O) groups excluding carboxylic acids is 4. The number of unbranched alkanes of at least 4 members (excludes halogenated alkanes) is 2. The minimum absolute atomic E-state index is 0.0524. The van der Waals surface area contributed by atoms with Crippen LogP contribution in [0.15, 0.2) is 54.0 Å². The lowest BCUT2D eigenvalue weighted by molar-refractivity contribution is -0.130. The van der Waals surface area contributed by atoms with Crippen molar-refractivity contribution < 1.29 is 41.5 Å². The van der Waals surface area contributed by atoms with Crippen LogP contribution >= 0.6 is 0 Å². The third-order valence-electron chi connectivity index (χ3n) is 8.49. The van der Waals surface area contributed by atoms with Crippen LogP contribution in [0.25, 0.3) is 0 Å². The number of nitrogens with one attached hydrogen (secondary N) is 2. The van der Waals surface area contributed by atoms with E-state index in [-0.39, 0.29) is 36.1 Å². The second-order valence-electron chi connectivity index (χ2n) is 12.4. The number of benzene rings is 1. The summed E-state index contributed by atoms with van der Waals surface area (Å²) in [4.78, 5) is 68.8. The normalized spacial score (nSPS) is 13.3. The number of aromatic nitrogens is 3. The molecule has 2 atom stereocenters. The highest BCUT2D eigenvalue weighted by Crippen LogP contribution is 2.25. The molecule has 0 spiro atoms. The maximum atomic E-state index is 13.7. The number of nitrogens with two attached hydrogens (primary N) is 2. The number of nitrogens with zero attached hydrogens (tertiary/aromatic N) is 3. The Kier molecular flexibility index (Phi) is 21.1. The van der Waals surface area contributed by atoms with Crippen LogP contribution in [0.1, 0.15) is 88.4 Å². The number of hydrogen-bond acceptors (Lipinski definition) is 10. The van der Waals surface area contributed by atoms with Crippen molar-refractivity contribution in [2.45, 2.75) is 96.7 Å². The van der Waals surface area contributed by atoms with E-state index in [4.69, 9.17) is 16.2 Å². The second kappa shape index (κ2) is 25.1. The van der Waals surface area contributed by atoms with E-state index < -0.39 is 65.0 Å². The van der Waals surface area contributed by atoms with Crippen LogP contribution in [0, 0.1) is 29.2 Å². The quantitative estimate of drug-likeness (QED) is 0.0779. The van der Waals surface area contributed by atoms with Crippen LogP contribution in [0.5, 0.6) is 5.75 Å². The van der Waals surface area contributed by atoms with Gasteiger partial charge in [0.1, 0.15) is 6.61 Å². The largest absolute Gasteiger partial charge is 0.480 e. The molecule has 3 aromatic rings. The molecule has 1 aromatic carbocycles. The molecule has 0 bridgehead atoms. The summed E-state index contributed by atoms with van der Waals surface area (Å²) >= 11 is 0. The van der Waals surface area contributed by atoms with Gasteiger partial charge in [-0.2, -0.15) is 8.78 Å². The fraction of sp³-hybridized carbons (Fsp3) is 0.500. The van der Waals surface area contributed by atoms with Crippen molar-refractivity contribution in [3.63, 3.8) is 0 Å². The molecule has 6 N–H and O–H groups in total. The standard InChI is InChI=1S/C19H20F3N3O3.C17H25FN4O3.C2H6/c20-13-6-7-14(21)18(17(13)22)28-11-16(26)15(5-1-2-8-23)25-19(27)12-4-3-9-24-10-12;18-13-9-20-11-22(17(13)25)10-15(23)14(7-3-4-8-19)21-16(24)12-5-1-2-6-12;1-2/h3-4,6-7,9-10,15H,1-2,5,8,11,23H2,(H,25,27);9,11-12,14H,1-8,10,19H2,(H,21,24);1-2H3. The summed E-state index contributed by atoms with van der Waals surface area (Å²) in [6, 6.07) is 2.74. The van der Waals surface area contributed by atoms with Gasteiger partial charge in [0.2, 0.25) is 17.5 Å². The molecule has 1 aliphatic rings. The molecule has 2 amide bonds. The lowest BCUT2D eigenvalue weighted by Crippen LogP contribution is -2.45. The lowest BCUT2D eigenvalue weighted by Gasteiger charge is -2.20. The minimum atomic E-state index is -1.52. The molecule has 55 heavy (non-hydrogen) atoms. The van der Waals surface area contributed by atoms with Crippen molar-refractivity contribution in [2.75, 3.05) is 19.7 Å². The zero-order valence-electron chi connectivity index (χ0n) is 31.2. The Morgan fingerprint density at radius 1 is 0.836 bits per heavy atom. The molecule has 0 saturated heterocycles. The number of rotatable bonds is 19. The van der Waals surface area contributed by atoms with E-state index in [1.54, 1.807) is 6.07 Å². The lowest BCUT2D eigenvalue weighted by atomic mass is 10.0. The average Bonchev–Trinajstić information content (AvgIpc) is 3.74. The number of carbonyl (C=O) groups is 4. The van der Waals surface area contributed by atoms with Gasteiger partial charge in [-0.3, -0.25) is 33.5 Å². The van der Waals surface area contributed by atoms with Crippen molar-refractivity contribution in [3.05, 3.63) is 88.4 Å². The summed E-state index contributed by atoms with van der Waals surface area (Å²) in [7, 11) is 0. The number of amides is 2. The van der Waals surface area contributed by atoms with E-state index >= 15 is 0 Å². The number of Topliss-reactive ketones (excluding diaryl/α,β-unsaturated/α-hetero) is 2. The fourth-order valence-electron chi connectivity index (χ4n) is 5.53. The molecular weight excluding hydrogens is 726 g/mol. The van der Waals surface area contributed by atoms with Gasteiger partial charge < -0.3 is 26.8 Å². The van der Waals surface area contributed by atoms with Gasteiger partial charge in [-0.25, -0.2) is 13.8 Å². The van der Waals surface area contributed by atoms with Crippen molar-refractivity contribution in [2.24, 2.45) is 17.4 Å². The van der Waals surface area contributed by atoms with E-state index in [2.05, 4.69) is 20.6 Å². The molecule has 2 heterocycles. The number of ether oxygens (including phenoxy) is 1. The number of hydrogen-bond donors (Lipinski definition) is 4. The number of halogens is 4. The topological polar surface area (TPSA) is 201 Å². The third kappa shape index (κ3) is 15.3. The first-order valence-electron chi connectivity index (χ1n) is 18.4. The van der Waals surface area contributed by atoms with Gasteiger partial charge >= 0.3 is 0 Å². The first kappa shape index (κ1) is 46.1. The van der Waals surface area contributed by atoms with Crippen molar-refractivity contribution in [1.29, 1.82) is 0 Å². The number of pyridine rings is 1. The van der Waals surface area contributed by atoms with Gasteiger partial charge in [-0.1, -0.05) is 26.7 Å². The summed E-state index contributed by atoms with van der Waals surface area (Å²) in [5.41, 5.74) is 10.3. The highest BCUT2D eigenvalue weighted by atomic mass is 19.2. The maximum Gasteiger partial charge on any atom is 0.289 e. The smallest absolute Gasteiger partial charge is 0.289 e. The summed E-state index contributed by atoms with van der Waals surface area (Å²) in [5, 5.41) is 5.37. The fourth-order valence-corrected chi connectivity index (χ4v) is 5.53. The molecule has 1 aliphatic carbocycles. The Bertz CT molecular complexity index is 1730. The van der Waals surface area contributed by atoms with Gasteiger partial charge in [0.25, 0.3) is 11.5 Å². The molecule has 1 saturated carbocycles. The van der Waals surface area contributed by atoms with E-state index in [1.807, 2.05) is 13.8 Å². The minimum Gasteiger partial charge on any atom is -0.480 e. The summed E-state index contributed by atoms with van der Waals surface area (Å²) in [6.07, 6.45) is 11.8. The van der Waals surface area contributed by atoms with Gasteiger partial charge in [0.15, 0.2) is 29.0 Å². The maximum absolute atomic E-state index is 13.7. The zero-order chi connectivity index (χ0) is 40.8. The molecule has 0 radical (unpaired) electrons. The summed E-state index contributed by atoms with van der Waals surface area (Å²) < 4.78 is 59.6. The highest BCUT2D eigenvalue weighted by molar-refractivity contribution is 5.98. The van der Waals surface area contributed by atoms with Crippen molar-refractivity contribution >= 4 is 23.4 Å². The van der Waals surface area contributed by atoms with E-state index in [9.17, 15) is 41.5 Å². The van der Waals surface area contributed by atoms with Crippen LogP contribution in [0.3, 0.4) is 0 Å². The first-order valence-corrected chi connectivity index (χ1v) is 18.4. The van der Waals surface area contributed by atoms with E-state index in [0.29, 0.717) is 50.9 Å². The molecule has 17 heteroatoms. The van der Waals surface area contributed by atoms with E-state index in [1.165, 1.54) is 18.5 Å². The third-order valence-corrected chi connectivity index (χ3v) is 8.49. The molecule has 2 unspecified atom stereocenters. The first-order chi connectivity index (χ1) is 26.5. The van der Waals surface area contributed by atoms with Crippen LogP contribution in [-0.4, -0.2) is 69.7 Å². The predicted octanol–water partition coefficient (Wildman–Crippen LogP) is 4.16. The molecular formula is C38H51F4N7O6. The summed E-state index contributed by atoms with van der Waals surface area (Å²) in [6.45, 7) is 3.86. The Morgan fingerprint density at radius 3 is 2.05 bits per heavy atom. The molecule has 0 aliphatic heterocycles. The number of ketones is 2.